The van der Waals surface area contributed by atoms with E-state index in [1.54, 1.807) is 6.92 Å². The summed E-state index contributed by atoms with van der Waals surface area (Å²) in [5, 5.41) is 2.29. The van der Waals surface area contributed by atoms with Crippen molar-refractivity contribution in [1.82, 2.24) is 4.90 Å². The summed E-state index contributed by atoms with van der Waals surface area (Å²) in [5.41, 5.74) is 5.66. The predicted octanol–water partition coefficient (Wildman–Crippen LogP) is 2.62. The summed E-state index contributed by atoms with van der Waals surface area (Å²) in [7, 11) is 0. The molecule has 0 aliphatic rings. The van der Waals surface area contributed by atoms with Crippen molar-refractivity contribution in [1.29, 1.82) is 0 Å². The normalized spacial score (nSPS) is 11.7. The fourth-order valence-corrected chi connectivity index (χ4v) is 1.71. The summed E-state index contributed by atoms with van der Waals surface area (Å²) in [4.78, 5) is 12.7. The lowest BCUT2D eigenvalue weighted by Gasteiger charge is -2.21. The molecule has 4 nitrogen and oxygen atoms in total. The second-order valence-electron chi connectivity index (χ2n) is 4.52. The van der Waals surface area contributed by atoms with Crippen molar-refractivity contribution in [3.63, 3.8) is 0 Å². The molecular formula is C13H17F4N3O. The quantitative estimate of drug-likeness (QED) is 0.627. The van der Waals surface area contributed by atoms with Gasteiger partial charge < -0.3 is 11.1 Å². The summed E-state index contributed by atoms with van der Waals surface area (Å²) in [5.74, 6) is -1.22. The molecule has 1 aromatic carbocycles. The lowest BCUT2D eigenvalue weighted by atomic mass is 10.2. The van der Waals surface area contributed by atoms with E-state index in [2.05, 4.69) is 5.32 Å². The van der Waals surface area contributed by atoms with E-state index in [4.69, 9.17) is 5.73 Å². The minimum absolute atomic E-state index is 0.0637. The molecule has 0 aliphatic heterocycles. The molecule has 3 N–H and O–H groups in total. The molecule has 0 atom stereocenters. The van der Waals surface area contributed by atoms with Crippen molar-refractivity contribution in [2.24, 2.45) is 0 Å². The molecule has 0 spiro atoms. The third kappa shape index (κ3) is 6.44. The largest absolute Gasteiger partial charge is 0.401 e. The first-order valence-electron chi connectivity index (χ1n) is 6.35. The molecular weight excluding hydrogens is 290 g/mol. The number of benzene rings is 1. The minimum Gasteiger partial charge on any atom is -0.399 e. The van der Waals surface area contributed by atoms with Crippen molar-refractivity contribution in [2.75, 3.05) is 30.7 Å². The van der Waals surface area contributed by atoms with Crippen LogP contribution in [-0.2, 0) is 4.79 Å². The lowest BCUT2D eigenvalue weighted by molar-refractivity contribution is -0.146. The van der Waals surface area contributed by atoms with E-state index in [-0.39, 0.29) is 30.9 Å². The topological polar surface area (TPSA) is 58.4 Å². The van der Waals surface area contributed by atoms with Crippen LogP contribution in [0.25, 0.3) is 0 Å². The molecule has 0 aromatic heterocycles. The number of hydrogen-bond donors (Lipinski definition) is 2. The Morgan fingerprint density at radius 3 is 2.62 bits per heavy atom. The Hall–Kier alpha value is -1.83. The van der Waals surface area contributed by atoms with Crippen molar-refractivity contribution in [2.45, 2.75) is 19.5 Å². The number of carbonyl (C=O) groups is 1. The van der Waals surface area contributed by atoms with Crippen LogP contribution in [0.2, 0.25) is 0 Å². The molecule has 1 rings (SSSR count). The average Bonchev–Trinajstić information content (AvgIpc) is 2.37. The van der Waals surface area contributed by atoms with Gasteiger partial charge in [0.2, 0.25) is 5.91 Å². The maximum Gasteiger partial charge on any atom is 0.401 e. The molecule has 118 valence electrons. The summed E-state index contributed by atoms with van der Waals surface area (Å²) in [6, 6.07) is 3.70. The molecule has 1 aromatic rings. The molecule has 1 amide bonds. The van der Waals surface area contributed by atoms with Crippen molar-refractivity contribution in [3.05, 3.63) is 24.0 Å². The number of nitrogens with one attached hydrogen (secondary N) is 1. The van der Waals surface area contributed by atoms with Crippen molar-refractivity contribution >= 4 is 17.3 Å². The van der Waals surface area contributed by atoms with Gasteiger partial charge in [-0.15, -0.1) is 0 Å². The summed E-state index contributed by atoms with van der Waals surface area (Å²) in [6.45, 7) is 0.593. The number of hydrogen-bond acceptors (Lipinski definition) is 3. The van der Waals surface area contributed by atoms with Crippen LogP contribution in [0.1, 0.15) is 13.3 Å². The number of nitrogen functional groups attached to an aromatic ring is 1. The number of rotatable bonds is 6. The highest BCUT2D eigenvalue weighted by molar-refractivity contribution is 5.91. The molecule has 0 saturated carbocycles. The van der Waals surface area contributed by atoms with Crippen LogP contribution in [0.15, 0.2) is 18.2 Å². The number of amides is 1. The first kappa shape index (κ1) is 17.2. The van der Waals surface area contributed by atoms with Crippen LogP contribution in [0.3, 0.4) is 0 Å². The van der Waals surface area contributed by atoms with Gasteiger partial charge in [0.25, 0.3) is 0 Å². The van der Waals surface area contributed by atoms with Gasteiger partial charge >= 0.3 is 6.18 Å². The Kier molecular flexibility index (Phi) is 5.95. The predicted molar refractivity (Wildman–Crippen MR) is 72.2 cm³/mol. The van der Waals surface area contributed by atoms with Gasteiger partial charge in [-0.05, 0) is 24.7 Å². The van der Waals surface area contributed by atoms with Crippen LogP contribution < -0.4 is 11.1 Å². The Labute approximate surface area is 119 Å². The average molecular weight is 307 g/mol. The molecule has 0 saturated heterocycles. The molecule has 0 bridgehead atoms. The van der Waals surface area contributed by atoms with E-state index in [0.717, 1.165) is 11.0 Å². The van der Waals surface area contributed by atoms with Gasteiger partial charge in [0, 0.05) is 18.7 Å². The first-order chi connectivity index (χ1) is 9.71. The van der Waals surface area contributed by atoms with Gasteiger partial charge in [0.05, 0.1) is 12.2 Å². The molecule has 0 radical (unpaired) electrons. The second kappa shape index (κ2) is 7.26. The maximum absolute atomic E-state index is 13.4. The van der Waals surface area contributed by atoms with Gasteiger partial charge in [-0.1, -0.05) is 6.92 Å². The smallest absolute Gasteiger partial charge is 0.399 e. The third-order valence-electron chi connectivity index (χ3n) is 2.77. The number of nitrogens with two attached hydrogens (primary N) is 1. The Morgan fingerprint density at radius 2 is 2.05 bits per heavy atom. The van der Waals surface area contributed by atoms with Gasteiger partial charge in [0.15, 0.2) is 0 Å². The molecule has 0 heterocycles. The van der Waals surface area contributed by atoms with Crippen LogP contribution >= 0.6 is 0 Å². The van der Waals surface area contributed by atoms with Gasteiger partial charge in [0.1, 0.15) is 5.82 Å². The van der Waals surface area contributed by atoms with E-state index >= 15 is 0 Å². The number of carbonyl (C=O) groups excluding carboxylic acids is 1. The fraction of sp³-hybridized carbons (Fsp3) is 0.462. The van der Waals surface area contributed by atoms with Gasteiger partial charge in [-0.3, -0.25) is 9.69 Å². The van der Waals surface area contributed by atoms with E-state index in [1.807, 2.05) is 0 Å². The minimum atomic E-state index is -4.31. The van der Waals surface area contributed by atoms with Crippen molar-refractivity contribution < 1.29 is 22.4 Å². The Morgan fingerprint density at radius 1 is 1.38 bits per heavy atom. The summed E-state index contributed by atoms with van der Waals surface area (Å²) >= 11 is 0. The third-order valence-corrected chi connectivity index (χ3v) is 2.77. The summed E-state index contributed by atoms with van der Waals surface area (Å²) < 4.78 is 50.2. The maximum atomic E-state index is 13.4. The monoisotopic (exact) mass is 307 g/mol. The van der Waals surface area contributed by atoms with E-state index < -0.39 is 24.4 Å². The van der Waals surface area contributed by atoms with Crippen LogP contribution in [0.4, 0.5) is 28.9 Å². The Bertz CT molecular complexity index is 491. The lowest BCUT2D eigenvalue weighted by Crippen LogP contribution is -2.36. The van der Waals surface area contributed by atoms with Gasteiger partial charge in [-0.25, -0.2) is 4.39 Å². The van der Waals surface area contributed by atoms with Crippen LogP contribution in [-0.4, -0.2) is 36.6 Å². The van der Waals surface area contributed by atoms with Crippen LogP contribution in [0, 0.1) is 5.82 Å². The van der Waals surface area contributed by atoms with E-state index in [0.29, 0.717) is 0 Å². The molecule has 21 heavy (non-hydrogen) atoms. The van der Waals surface area contributed by atoms with E-state index in [1.165, 1.54) is 12.1 Å². The summed E-state index contributed by atoms with van der Waals surface area (Å²) in [6.07, 6.45) is -4.48. The molecule has 0 fully saturated rings. The highest BCUT2D eigenvalue weighted by Gasteiger charge is 2.30. The van der Waals surface area contributed by atoms with Crippen molar-refractivity contribution in [3.8, 4) is 0 Å². The molecule has 0 unspecified atom stereocenters. The number of alkyl halides is 3. The number of anilines is 2. The zero-order chi connectivity index (χ0) is 16.0. The second-order valence-corrected chi connectivity index (χ2v) is 4.52. The SMILES string of the molecule is CCN(CCC(=O)Nc1cc(N)ccc1F)CC(F)(F)F. The molecule has 8 heteroatoms. The highest BCUT2D eigenvalue weighted by atomic mass is 19.4. The van der Waals surface area contributed by atoms with Gasteiger partial charge in [-0.2, -0.15) is 13.2 Å². The van der Waals surface area contributed by atoms with E-state index in [9.17, 15) is 22.4 Å². The zero-order valence-corrected chi connectivity index (χ0v) is 11.5. The first-order valence-corrected chi connectivity index (χ1v) is 6.35. The highest BCUT2D eigenvalue weighted by Crippen LogP contribution is 2.18. The Balaban J connectivity index is 2.52. The number of nitrogens with zero attached hydrogens (tertiary/aromatic N) is 1. The molecule has 0 aliphatic carbocycles. The fourth-order valence-electron chi connectivity index (χ4n) is 1.71. The van der Waals surface area contributed by atoms with Crippen LogP contribution in [0.5, 0.6) is 0 Å². The zero-order valence-electron chi connectivity index (χ0n) is 11.5. The number of halogens is 4. The standard InChI is InChI=1S/C13H17F4N3O/c1-2-20(8-13(15,16)17)6-5-12(21)19-11-7-9(18)3-4-10(11)14/h3-4,7H,2,5-6,8,18H2,1H3,(H,19,21).